The number of nitrogens with zero attached hydrogens (tertiary/aromatic N) is 2. The zero-order chi connectivity index (χ0) is 23.0. The van der Waals surface area contributed by atoms with E-state index in [0.29, 0.717) is 41.1 Å². The monoisotopic (exact) mass is 485 g/mol. The molecule has 9 heteroatoms. The number of sulfone groups is 1. The second kappa shape index (κ2) is 8.83. The molecular weight excluding hydrogens is 462 g/mol. The Hall–Kier alpha value is -2.84. The lowest BCUT2D eigenvalue weighted by atomic mass is 10.2. The van der Waals surface area contributed by atoms with Gasteiger partial charge in [0.2, 0.25) is 0 Å². The summed E-state index contributed by atoms with van der Waals surface area (Å²) in [6.07, 6.45) is 2.63. The lowest BCUT2D eigenvalue weighted by Crippen LogP contribution is -2.17. The van der Waals surface area contributed by atoms with Crippen LogP contribution in [0.1, 0.15) is 53.0 Å². The largest absolute Gasteiger partial charge is 0.489 e. The van der Waals surface area contributed by atoms with Crippen molar-refractivity contribution in [2.24, 2.45) is 0 Å². The summed E-state index contributed by atoms with van der Waals surface area (Å²) in [7, 11) is -3.03. The molecule has 1 amide bonds. The van der Waals surface area contributed by atoms with E-state index >= 15 is 0 Å². The summed E-state index contributed by atoms with van der Waals surface area (Å²) in [5.41, 5.74) is 2.91. The highest BCUT2D eigenvalue weighted by Crippen LogP contribution is 2.42. The first-order chi connectivity index (χ1) is 15.9. The molecule has 2 aliphatic rings. The first kappa shape index (κ1) is 22.0. The van der Waals surface area contributed by atoms with Crippen LogP contribution in [0.4, 0.5) is 5.69 Å². The van der Waals surface area contributed by atoms with Crippen molar-refractivity contribution < 1.29 is 17.9 Å². The minimum Gasteiger partial charge on any atom is -0.489 e. The maximum atomic E-state index is 12.8. The van der Waals surface area contributed by atoms with E-state index in [1.54, 1.807) is 28.9 Å². The Bertz CT molecular complexity index is 1270. The van der Waals surface area contributed by atoms with Crippen molar-refractivity contribution in [2.75, 3.05) is 16.8 Å². The molecule has 172 valence electrons. The number of nitrogens with one attached hydrogen (secondary N) is 1. The van der Waals surface area contributed by atoms with E-state index in [1.165, 1.54) is 0 Å². The Kier molecular flexibility index (Phi) is 5.88. The number of rotatable bonds is 7. The molecule has 0 bridgehead atoms. The first-order valence-electron chi connectivity index (χ1n) is 10.9. The van der Waals surface area contributed by atoms with Gasteiger partial charge in [-0.2, -0.15) is 5.10 Å². The van der Waals surface area contributed by atoms with Crippen LogP contribution in [0.2, 0.25) is 5.02 Å². The lowest BCUT2D eigenvalue weighted by Gasteiger charge is -2.12. The van der Waals surface area contributed by atoms with E-state index in [-0.39, 0.29) is 23.5 Å². The van der Waals surface area contributed by atoms with Gasteiger partial charge in [0, 0.05) is 22.3 Å². The molecule has 3 aromatic rings. The van der Waals surface area contributed by atoms with Gasteiger partial charge in [0.05, 0.1) is 17.5 Å². The third-order valence-electron chi connectivity index (χ3n) is 5.98. The predicted molar refractivity (Wildman–Crippen MR) is 127 cm³/mol. The van der Waals surface area contributed by atoms with E-state index in [0.717, 1.165) is 24.1 Å². The molecule has 2 aromatic carbocycles. The van der Waals surface area contributed by atoms with Gasteiger partial charge in [-0.1, -0.05) is 23.7 Å². The topological polar surface area (TPSA) is 90.3 Å². The molecule has 33 heavy (non-hydrogen) atoms. The van der Waals surface area contributed by atoms with Crippen LogP contribution in [0, 0.1) is 0 Å². The fourth-order valence-corrected chi connectivity index (χ4v) is 5.86. The molecular formula is C24H24ClN3O4S. The minimum absolute atomic E-state index is 0.0902. The number of ether oxygens (including phenoxy) is 1. The molecule has 2 fully saturated rings. The summed E-state index contributed by atoms with van der Waals surface area (Å²) >= 11 is 5.90. The summed E-state index contributed by atoms with van der Waals surface area (Å²) in [6, 6.07) is 16.2. The molecule has 1 atom stereocenters. The zero-order valence-electron chi connectivity index (χ0n) is 17.9. The third-order valence-corrected chi connectivity index (χ3v) is 7.98. The smallest absolute Gasteiger partial charge is 0.276 e. The highest BCUT2D eigenvalue weighted by atomic mass is 35.5. The molecule has 2 heterocycles. The molecule has 0 spiro atoms. The molecule has 5 rings (SSSR count). The summed E-state index contributed by atoms with van der Waals surface area (Å²) in [4.78, 5) is 12.8. The van der Waals surface area contributed by atoms with Crippen molar-refractivity contribution in [3.05, 3.63) is 76.6 Å². The molecule has 7 nitrogen and oxygen atoms in total. The van der Waals surface area contributed by atoms with Crippen molar-refractivity contribution in [1.29, 1.82) is 0 Å². The highest BCUT2D eigenvalue weighted by molar-refractivity contribution is 7.91. The molecule has 1 aliphatic heterocycles. The zero-order valence-corrected chi connectivity index (χ0v) is 19.5. The maximum absolute atomic E-state index is 12.8. The van der Waals surface area contributed by atoms with Crippen LogP contribution in [0.3, 0.4) is 0 Å². The lowest BCUT2D eigenvalue weighted by molar-refractivity contribution is 0.102. The van der Waals surface area contributed by atoms with Gasteiger partial charge in [0.25, 0.3) is 5.91 Å². The van der Waals surface area contributed by atoms with Crippen LogP contribution in [-0.2, 0) is 16.4 Å². The Morgan fingerprint density at radius 2 is 1.82 bits per heavy atom. The van der Waals surface area contributed by atoms with Gasteiger partial charge in [-0.25, -0.2) is 8.42 Å². The fourth-order valence-electron chi connectivity index (χ4n) is 4.04. The number of hydrogen-bond acceptors (Lipinski definition) is 5. The van der Waals surface area contributed by atoms with Crippen LogP contribution in [0.5, 0.6) is 5.75 Å². The maximum Gasteiger partial charge on any atom is 0.276 e. The molecule has 0 radical (unpaired) electrons. The summed E-state index contributed by atoms with van der Waals surface area (Å²) < 4.78 is 31.4. The molecule has 1 unspecified atom stereocenters. The van der Waals surface area contributed by atoms with Crippen LogP contribution >= 0.6 is 11.6 Å². The molecule has 1 saturated carbocycles. The number of hydrogen-bond donors (Lipinski definition) is 1. The molecule has 1 aromatic heterocycles. The number of amides is 1. The Balaban J connectivity index is 1.24. The van der Waals surface area contributed by atoms with Crippen molar-refractivity contribution in [3.8, 4) is 5.75 Å². The fraction of sp³-hybridized carbons (Fsp3) is 0.333. The number of carbonyl (C=O) groups is 1. The minimum atomic E-state index is -3.03. The Labute approximate surface area is 197 Å². The van der Waals surface area contributed by atoms with Crippen LogP contribution in [0.25, 0.3) is 0 Å². The second-order valence-corrected chi connectivity index (χ2v) is 11.3. The van der Waals surface area contributed by atoms with E-state index in [9.17, 15) is 13.2 Å². The standard InChI is InChI=1S/C24H24ClN3O4S/c25-18-5-1-16(2-6-18)14-32-21-9-7-19(8-10-21)26-24(29)22-13-23(17-3-4-17)28(27-22)20-11-12-33(30,31)15-20/h1-2,5-10,13,17,20H,3-4,11-12,14-15H2,(H,26,29). The average Bonchev–Trinajstić information content (AvgIpc) is 3.44. The summed E-state index contributed by atoms with van der Waals surface area (Å²) in [5, 5.41) is 8.06. The second-order valence-electron chi connectivity index (χ2n) is 8.62. The van der Waals surface area contributed by atoms with Gasteiger partial charge < -0.3 is 10.1 Å². The van der Waals surface area contributed by atoms with Gasteiger partial charge in [-0.15, -0.1) is 0 Å². The normalized spacial score (nSPS) is 19.4. The summed E-state index contributed by atoms with van der Waals surface area (Å²) in [5.74, 6) is 0.999. The number of benzene rings is 2. The van der Waals surface area contributed by atoms with Crippen molar-refractivity contribution in [2.45, 2.75) is 37.8 Å². The van der Waals surface area contributed by atoms with Gasteiger partial charge in [0.1, 0.15) is 12.4 Å². The molecule has 1 saturated heterocycles. The summed E-state index contributed by atoms with van der Waals surface area (Å²) in [6.45, 7) is 0.418. The van der Waals surface area contributed by atoms with Crippen LogP contribution in [-0.4, -0.2) is 35.6 Å². The Morgan fingerprint density at radius 1 is 1.09 bits per heavy atom. The van der Waals surface area contributed by atoms with E-state index in [1.807, 2.05) is 30.3 Å². The van der Waals surface area contributed by atoms with E-state index in [2.05, 4.69) is 10.4 Å². The van der Waals surface area contributed by atoms with Crippen molar-refractivity contribution in [1.82, 2.24) is 9.78 Å². The predicted octanol–water partition coefficient (Wildman–Crippen LogP) is 4.60. The molecule has 1 aliphatic carbocycles. The quantitative estimate of drug-likeness (QED) is 0.528. The van der Waals surface area contributed by atoms with Gasteiger partial charge >= 0.3 is 0 Å². The first-order valence-corrected chi connectivity index (χ1v) is 13.1. The van der Waals surface area contributed by atoms with E-state index in [4.69, 9.17) is 16.3 Å². The number of halogens is 1. The SMILES string of the molecule is O=C(Nc1ccc(OCc2ccc(Cl)cc2)cc1)c1cc(C2CC2)n(C2CCS(=O)(=O)C2)n1. The van der Waals surface area contributed by atoms with Crippen LogP contribution in [0.15, 0.2) is 54.6 Å². The Morgan fingerprint density at radius 3 is 2.45 bits per heavy atom. The average molecular weight is 486 g/mol. The van der Waals surface area contributed by atoms with Gasteiger partial charge in [-0.05, 0) is 67.3 Å². The van der Waals surface area contributed by atoms with Gasteiger partial charge in [0.15, 0.2) is 15.5 Å². The van der Waals surface area contributed by atoms with Crippen molar-refractivity contribution >= 4 is 33.0 Å². The van der Waals surface area contributed by atoms with Gasteiger partial charge in [-0.3, -0.25) is 9.48 Å². The van der Waals surface area contributed by atoms with Crippen molar-refractivity contribution in [3.63, 3.8) is 0 Å². The third kappa shape index (κ3) is 5.23. The number of aromatic nitrogens is 2. The number of anilines is 1. The molecule has 1 N–H and O–H groups in total. The number of carbonyl (C=O) groups excluding carboxylic acids is 1. The van der Waals surface area contributed by atoms with E-state index < -0.39 is 9.84 Å². The highest BCUT2D eigenvalue weighted by Gasteiger charge is 2.36. The van der Waals surface area contributed by atoms with Crippen LogP contribution < -0.4 is 10.1 Å².